The Balaban J connectivity index is 1.58. The number of nitroso groups, excluding NO2 is 1. The fraction of sp³-hybridized carbons (Fsp3) is 0.167. The van der Waals surface area contributed by atoms with E-state index in [0.717, 1.165) is 28.5 Å². The Hall–Kier alpha value is -4.73. The summed E-state index contributed by atoms with van der Waals surface area (Å²) >= 11 is 0. The van der Waals surface area contributed by atoms with Gasteiger partial charge in [0.05, 0.1) is 17.8 Å². The zero-order chi connectivity index (χ0) is 28.6. The van der Waals surface area contributed by atoms with Gasteiger partial charge in [0.1, 0.15) is 11.4 Å². The molecule has 0 radical (unpaired) electrons. The Labute approximate surface area is 227 Å². The summed E-state index contributed by atoms with van der Waals surface area (Å²) < 4.78 is 56.2. The van der Waals surface area contributed by atoms with E-state index in [-0.39, 0.29) is 5.82 Å². The van der Waals surface area contributed by atoms with Crippen molar-refractivity contribution in [1.82, 2.24) is 9.97 Å². The number of aryl methyl sites for hydroxylation is 2. The van der Waals surface area contributed by atoms with Crippen molar-refractivity contribution in [3.63, 3.8) is 0 Å². The number of nitrogens with zero attached hydrogens (tertiary/aromatic N) is 4. The van der Waals surface area contributed by atoms with E-state index in [1.165, 1.54) is 7.05 Å². The molecule has 0 saturated carbocycles. The van der Waals surface area contributed by atoms with Crippen molar-refractivity contribution in [1.29, 1.82) is 0 Å². The number of aromatic nitrogens is 2. The minimum absolute atomic E-state index is 0.159. The van der Waals surface area contributed by atoms with Gasteiger partial charge in [0, 0.05) is 18.2 Å². The van der Waals surface area contributed by atoms with Gasteiger partial charge in [-0.15, -0.1) is 4.91 Å². The molecule has 6 nitrogen and oxygen atoms in total. The molecule has 0 N–H and O–H groups in total. The normalized spacial score (nSPS) is 12.2. The van der Waals surface area contributed by atoms with Crippen LogP contribution in [0.15, 0.2) is 53.7 Å². The van der Waals surface area contributed by atoms with Crippen LogP contribution in [0.3, 0.4) is 0 Å². The van der Waals surface area contributed by atoms with Gasteiger partial charge in [-0.2, -0.15) is 0 Å². The van der Waals surface area contributed by atoms with Crippen LogP contribution in [-0.2, 0) is 24.1 Å². The minimum Gasteiger partial charge on any atom is -0.298 e. The van der Waals surface area contributed by atoms with Gasteiger partial charge >= 0.3 is 0 Å². The van der Waals surface area contributed by atoms with E-state index in [2.05, 4.69) is 5.18 Å². The molecular formula is C30H22F4N4O2. The van der Waals surface area contributed by atoms with Crippen LogP contribution >= 0.6 is 0 Å². The number of amides is 1. The summed E-state index contributed by atoms with van der Waals surface area (Å²) in [6.45, 7) is 1.08. The smallest absolute Gasteiger partial charge is 0.232 e. The second-order valence-corrected chi connectivity index (χ2v) is 9.39. The van der Waals surface area contributed by atoms with E-state index >= 15 is 0 Å². The van der Waals surface area contributed by atoms with Crippen molar-refractivity contribution in [3.8, 4) is 11.3 Å². The van der Waals surface area contributed by atoms with Gasteiger partial charge in [0.25, 0.3) is 0 Å². The van der Waals surface area contributed by atoms with Crippen LogP contribution in [0, 0.1) is 35.1 Å². The average molecular weight is 547 g/mol. The Morgan fingerprint density at radius 3 is 2.40 bits per heavy atom. The number of carbonyl (C=O) groups is 1. The molecule has 1 aliphatic carbocycles. The highest BCUT2D eigenvalue weighted by atomic mass is 19.2. The van der Waals surface area contributed by atoms with Crippen molar-refractivity contribution >= 4 is 29.6 Å². The zero-order valence-corrected chi connectivity index (χ0v) is 21.5. The third-order valence-corrected chi connectivity index (χ3v) is 6.93. The summed E-state index contributed by atoms with van der Waals surface area (Å²) in [6, 6.07) is 14.4. The quantitative estimate of drug-likeness (QED) is 0.114. The first-order valence-corrected chi connectivity index (χ1v) is 12.4. The summed E-state index contributed by atoms with van der Waals surface area (Å²) in [6.07, 6.45) is 3.77. The lowest BCUT2D eigenvalue weighted by atomic mass is 9.91. The number of fused-ring (bicyclic) bond motifs is 3. The highest BCUT2D eigenvalue weighted by Crippen LogP contribution is 2.36. The molecule has 0 unspecified atom stereocenters. The molecule has 1 heterocycles. The first-order valence-electron chi connectivity index (χ1n) is 12.4. The van der Waals surface area contributed by atoms with Crippen LogP contribution in [0.5, 0.6) is 0 Å². The molecule has 40 heavy (non-hydrogen) atoms. The third-order valence-electron chi connectivity index (χ3n) is 6.93. The first kappa shape index (κ1) is 26.9. The van der Waals surface area contributed by atoms with Gasteiger partial charge in [-0.25, -0.2) is 27.5 Å². The summed E-state index contributed by atoms with van der Waals surface area (Å²) in [5, 5.41) is 3.00. The molecule has 0 atom stereocenters. The number of anilines is 1. The molecule has 0 saturated heterocycles. The van der Waals surface area contributed by atoms with Crippen LogP contribution in [0.4, 0.5) is 29.1 Å². The van der Waals surface area contributed by atoms with E-state index in [0.29, 0.717) is 35.6 Å². The topological polar surface area (TPSA) is 75.5 Å². The summed E-state index contributed by atoms with van der Waals surface area (Å²) in [4.78, 5) is 35.0. The molecule has 1 aromatic heterocycles. The molecule has 10 heteroatoms. The first-order chi connectivity index (χ1) is 19.2. The number of hydrogen-bond donors (Lipinski definition) is 0. The Bertz CT molecular complexity index is 1660. The zero-order valence-electron chi connectivity index (χ0n) is 21.5. The molecule has 0 fully saturated rings. The van der Waals surface area contributed by atoms with Crippen LogP contribution in [0.1, 0.15) is 33.6 Å². The molecule has 3 aromatic carbocycles. The third kappa shape index (κ3) is 4.88. The fourth-order valence-corrected chi connectivity index (χ4v) is 4.67. The van der Waals surface area contributed by atoms with Gasteiger partial charge in [-0.05, 0) is 59.8 Å². The van der Waals surface area contributed by atoms with E-state index in [9.17, 15) is 27.3 Å². The van der Waals surface area contributed by atoms with Crippen LogP contribution < -0.4 is 4.90 Å². The summed E-state index contributed by atoms with van der Waals surface area (Å²) in [5.41, 5.74) is 3.28. The molecule has 4 aromatic rings. The number of benzene rings is 3. The SMILES string of the molecule is Cc1c(F)c(F)c(F)c(F)c1CC(=O)N(C)c1nc2c(nc1/C=C/c1ccccc1)-c1ccc(N=O)cc1CC2. The number of carbonyl (C=O) groups excluding carboxylic acids is 1. The maximum Gasteiger partial charge on any atom is 0.232 e. The highest BCUT2D eigenvalue weighted by Gasteiger charge is 2.28. The fourth-order valence-electron chi connectivity index (χ4n) is 4.67. The number of likely N-dealkylation sites (N-methyl/N-ethyl adjacent to an activating group) is 1. The van der Waals surface area contributed by atoms with Crippen molar-refractivity contribution in [2.24, 2.45) is 5.18 Å². The van der Waals surface area contributed by atoms with Crippen LogP contribution in [0.2, 0.25) is 0 Å². The van der Waals surface area contributed by atoms with Crippen LogP contribution in [0.25, 0.3) is 23.4 Å². The maximum absolute atomic E-state index is 14.5. The minimum atomic E-state index is -1.97. The van der Waals surface area contributed by atoms with Crippen molar-refractivity contribution in [2.75, 3.05) is 11.9 Å². The Kier molecular flexibility index (Phi) is 7.25. The number of halogens is 4. The van der Waals surface area contributed by atoms with Gasteiger partial charge in [0.15, 0.2) is 29.1 Å². The lowest BCUT2D eigenvalue weighted by Gasteiger charge is -2.24. The molecule has 1 amide bonds. The molecule has 0 aliphatic heterocycles. The van der Waals surface area contributed by atoms with E-state index < -0.39 is 46.7 Å². The lowest BCUT2D eigenvalue weighted by Crippen LogP contribution is -2.31. The number of rotatable bonds is 6. The standard InChI is InChI=1S/C30H22F4N4O2/c1-16-21(26(32)28(34)27(33)25(16)31)15-24(39)38(2)30-23(12-8-17-6-4-3-5-7-17)35-29-20-11-10-19(37-40)14-18(20)9-13-22(29)36-30/h3-8,10-12,14H,9,13,15H2,1-2H3/b12-8+. The van der Waals surface area contributed by atoms with Crippen molar-refractivity contribution in [2.45, 2.75) is 26.2 Å². The molecule has 0 spiro atoms. The maximum atomic E-state index is 14.5. The van der Waals surface area contributed by atoms with Gasteiger partial charge < -0.3 is 0 Å². The van der Waals surface area contributed by atoms with E-state index in [1.807, 2.05) is 30.3 Å². The van der Waals surface area contributed by atoms with Gasteiger partial charge in [0.2, 0.25) is 5.91 Å². The van der Waals surface area contributed by atoms with Crippen LogP contribution in [-0.4, -0.2) is 22.9 Å². The largest absolute Gasteiger partial charge is 0.298 e. The van der Waals surface area contributed by atoms with E-state index in [1.54, 1.807) is 30.4 Å². The molecule has 202 valence electrons. The summed E-state index contributed by atoms with van der Waals surface area (Å²) in [5.74, 6) is -7.62. The second kappa shape index (κ2) is 10.8. The number of hydrogen-bond acceptors (Lipinski definition) is 5. The van der Waals surface area contributed by atoms with Crippen molar-refractivity contribution in [3.05, 3.63) is 110 Å². The lowest BCUT2D eigenvalue weighted by molar-refractivity contribution is -0.117. The monoisotopic (exact) mass is 546 g/mol. The highest BCUT2D eigenvalue weighted by molar-refractivity contribution is 5.96. The molecule has 0 bridgehead atoms. The molecule has 5 rings (SSSR count). The molecular weight excluding hydrogens is 524 g/mol. The van der Waals surface area contributed by atoms with Gasteiger partial charge in [-0.3, -0.25) is 9.69 Å². The second-order valence-electron chi connectivity index (χ2n) is 9.39. The van der Waals surface area contributed by atoms with Gasteiger partial charge in [-0.1, -0.05) is 42.5 Å². The Morgan fingerprint density at radius 2 is 1.68 bits per heavy atom. The average Bonchev–Trinajstić information content (AvgIpc) is 2.99. The predicted octanol–water partition coefficient (Wildman–Crippen LogP) is 6.88. The molecule has 1 aliphatic rings. The Morgan fingerprint density at radius 1 is 0.950 bits per heavy atom. The van der Waals surface area contributed by atoms with E-state index in [4.69, 9.17) is 9.97 Å². The summed E-state index contributed by atoms with van der Waals surface area (Å²) in [7, 11) is 1.40. The van der Waals surface area contributed by atoms with Crippen molar-refractivity contribution < 1.29 is 22.4 Å². The predicted molar refractivity (Wildman–Crippen MR) is 144 cm³/mol.